The van der Waals surface area contributed by atoms with Crippen LogP contribution in [0.2, 0.25) is 5.15 Å². The Balaban J connectivity index is 2.06. The predicted molar refractivity (Wildman–Crippen MR) is 93.7 cm³/mol. The van der Waals surface area contributed by atoms with E-state index in [1.165, 1.54) is 24.2 Å². The van der Waals surface area contributed by atoms with E-state index < -0.39 is 17.9 Å². The second-order valence-corrected chi connectivity index (χ2v) is 5.73. The van der Waals surface area contributed by atoms with Crippen molar-refractivity contribution in [1.29, 1.82) is 0 Å². The third-order valence-electron chi connectivity index (χ3n) is 3.52. The van der Waals surface area contributed by atoms with Crippen molar-refractivity contribution in [2.45, 2.75) is 6.43 Å². The SMILES string of the molecule is COc1c(Nc2cc(Cl)nnc2C(=O)C(F)F)cccc1-c1ncn(C)n1. The molecule has 140 valence electrons. The Labute approximate surface area is 157 Å². The minimum atomic E-state index is -3.23. The molecule has 0 fully saturated rings. The third kappa shape index (κ3) is 3.85. The maximum Gasteiger partial charge on any atom is 0.302 e. The molecule has 0 aliphatic rings. The molecule has 0 aliphatic heterocycles. The van der Waals surface area contributed by atoms with Crippen LogP contribution in [0.3, 0.4) is 0 Å². The standard InChI is InChI=1S/C16H13ClF2N6O2/c1-25-7-20-16(24-25)8-4-3-5-9(14(8)27-2)21-10-6-11(17)22-23-12(10)13(26)15(18)19/h3-7,15H,1-2H3,(H,21,22). The fourth-order valence-corrected chi connectivity index (χ4v) is 2.53. The van der Waals surface area contributed by atoms with Crippen molar-refractivity contribution < 1.29 is 18.3 Å². The molecule has 1 N–H and O–H groups in total. The Morgan fingerprint density at radius 2 is 2.07 bits per heavy atom. The number of nitrogens with one attached hydrogen (secondary N) is 1. The highest BCUT2D eigenvalue weighted by atomic mass is 35.5. The van der Waals surface area contributed by atoms with Gasteiger partial charge in [-0.2, -0.15) is 5.10 Å². The first-order valence-corrected chi connectivity index (χ1v) is 7.94. The van der Waals surface area contributed by atoms with Gasteiger partial charge in [-0.25, -0.2) is 13.8 Å². The fraction of sp³-hybridized carbons (Fsp3) is 0.188. The number of para-hydroxylation sites is 1. The summed E-state index contributed by atoms with van der Waals surface area (Å²) in [7, 11) is 3.16. The number of nitrogens with zero attached hydrogens (tertiary/aromatic N) is 5. The Hall–Kier alpha value is -3.14. The van der Waals surface area contributed by atoms with Crippen molar-refractivity contribution in [1.82, 2.24) is 25.0 Å². The summed E-state index contributed by atoms with van der Waals surface area (Å²) < 4.78 is 32.7. The van der Waals surface area contributed by atoms with Gasteiger partial charge in [0.25, 0.3) is 5.78 Å². The summed E-state index contributed by atoms with van der Waals surface area (Å²) in [5, 5.41) is 14.0. The second-order valence-electron chi connectivity index (χ2n) is 5.35. The van der Waals surface area contributed by atoms with Crippen molar-refractivity contribution in [3.63, 3.8) is 0 Å². The highest BCUT2D eigenvalue weighted by Crippen LogP contribution is 2.37. The predicted octanol–water partition coefficient (Wildman–Crippen LogP) is 3.13. The normalized spacial score (nSPS) is 10.9. The zero-order chi connectivity index (χ0) is 19.6. The molecule has 0 spiro atoms. The van der Waals surface area contributed by atoms with E-state index in [4.69, 9.17) is 16.3 Å². The molecule has 3 rings (SSSR count). The van der Waals surface area contributed by atoms with Gasteiger partial charge in [-0.15, -0.1) is 10.2 Å². The van der Waals surface area contributed by atoms with E-state index in [-0.39, 0.29) is 10.8 Å². The number of hydrogen-bond acceptors (Lipinski definition) is 7. The van der Waals surface area contributed by atoms with Crippen LogP contribution < -0.4 is 10.1 Å². The highest BCUT2D eigenvalue weighted by Gasteiger charge is 2.25. The first-order valence-electron chi connectivity index (χ1n) is 7.56. The third-order valence-corrected chi connectivity index (χ3v) is 3.71. The van der Waals surface area contributed by atoms with Gasteiger partial charge in [0.15, 0.2) is 22.4 Å². The lowest BCUT2D eigenvalue weighted by atomic mass is 10.1. The molecule has 0 bridgehead atoms. The minimum Gasteiger partial charge on any atom is -0.494 e. The largest absolute Gasteiger partial charge is 0.494 e. The molecule has 0 saturated heterocycles. The molecule has 0 radical (unpaired) electrons. The number of ketones is 1. The van der Waals surface area contributed by atoms with Crippen molar-refractivity contribution in [3.05, 3.63) is 41.4 Å². The summed E-state index contributed by atoms with van der Waals surface area (Å²) in [6.45, 7) is 0. The highest BCUT2D eigenvalue weighted by molar-refractivity contribution is 6.29. The molecule has 11 heteroatoms. The maximum atomic E-state index is 12.8. The number of hydrogen-bond donors (Lipinski definition) is 1. The van der Waals surface area contributed by atoms with Crippen LogP contribution in [-0.4, -0.2) is 44.3 Å². The van der Waals surface area contributed by atoms with Gasteiger partial charge in [0.1, 0.15) is 6.33 Å². The Kier molecular flexibility index (Phi) is 5.26. The molecular formula is C16H13ClF2N6O2. The first kappa shape index (κ1) is 18.6. The van der Waals surface area contributed by atoms with Gasteiger partial charge in [-0.3, -0.25) is 9.48 Å². The number of anilines is 2. The van der Waals surface area contributed by atoms with E-state index in [1.54, 1.807) is 25.2 Å². The summed E-state index contributed by atoms with van der Waals surface area (Å²) in [4.78, 5) is 15.9. The zero-order valence-corrected chi connectivity index (χ0v) is 14.9. The summed E-state index contributed by atoms with van der Waals surface area (Å²) in [6, 6.07) is 6.30. The van der Waals surface area contributed by atoms with E-state index in [1.807, 2.05) is 0 Å². The van der Waals surface area contributed by atoms with Crippen molar-refractivity contribution in [2.24, 2.45) is 7.05 Å². The van der Waals surface area contributed by atoms with E-state index >= 15 is 0 Å². The lowest BCUT2D eigenvalue weighted by Crippen LogP contribution is -2.15. The zero-order valence-electron chi connectivity index (χ0n) is 14.2. The number of halogens is 3. The maximum absolute atomic E-state index is 12.8. The van der Waals surface area contributed by atoms with E-state index in [9.17, 15) is 13.6 Å². The van der Waals surface area contributed by atoms with Gasteiger partial charge in [0.05, 0.1) is 24.0 Å². The molecule has 8 nitrogen and oxygen atoms in total. The number of alkyl halides is 2. The van der Waals surface area contributed by atoms with E-state index in [0.29, 0.717) is 22.8 Å². The quantitative estimate of drug-likeness (QED) is 0.642. The van der Waals surface area contributed by atoms with Crippen LogP contribution in [0.4, 0.5) is 20.2 Å². The molecule has 2 aromatic heterocycles. The van der Waals surface area contributed by atoms with Gasteiger partial charge in [0, 0.05) is 13.1 Å². The number of methoxy groups -OCH3 is 1. The van der Waals surface area contributed by atoms with Crippen molar-refractivity contribution >= 4 is 28.8 Å². The number of rotatable bonds is 6. The molecule has 27 heavy (non-hydrogen) atoms. The number of aryl methyl sites for hydroxylation is 1. The summed E-state index contributed by atoms with van der Waals surface area (Å²) in [6.07, 6.45) is -1.70. The molecule has 1 aromatic carbocycles. The summed E-state index contributed by atoms with van der Waals surface area (Å²) >= 11 is 5.80. The molecule has 3 aromatic rings. The minimum absolute atomic E-state index is 0.0234. The number of benzene rings is 1. The van der Waals surface area contributed by atoms with Crippen LogP contribution in [0.1, 0.15) is 10.5 Å². The topological polar surface area (TPSA) is 94.8 Å². The van der Waals surface area contributed by atoms with Crippen LogP contribution >= 0.6 is 11.6 Å². The average molecular weight is 395 g/mol. The average Bonchev–Trinajstić information content (AvgIpc) is 3.07. The fourth-order valence-electron chi connectivity index (χ4n) is 2.39. The lowest BCUT2D eigenvalue weighted by molar-refractivity contribution is 0.0673. The van der Waals surface area contributed by atoms with E-state index in [2.05, 4.69) is 25.6 Å². The molecule has 2 heterocycles. The van der Waals surface area contributed by atoms with Crippen molar-refractivity contribution in [2.75, 3.05) is 12.4 Å². The summed E-state index contributed by atoms with van der Waals surface area (Å²) in [5.74, 6) is -0.706. The van der Waals surface area contributed by atoms with Crippen LogP contribution in [0.25, 0.3) is 11.4 Å². The molecule has 0 unspecified atom stereocenters. The molecule has 0 saturated carbocycles. The van der Waals surface area contributed by atoms with Gasteiger partial charge < -0.3 is 10.1 Å². The smallest absolute Gasteiger partial charge is 0.302 e. The Morgan fingerprint density at radius 3 is 2.70 bits per heavy atom. The monoisotopic (exact) mass is 394 g/mol. The number of aromatic nitrogens is 5. The van der Waals surface area contributed by atoms with E-state index in [0.717, 1.165) is 0 Å². The first-order chi connectivity index (χ1) is 12.9. The van der Waals surface area contributed by atoms with Gasteiger partial charge in [0.2, 0.25) is 0 Å². The van der Waals surface area contributed by atoms with Crippen LogP contribution in [0, 0.1) is 0 Å². The number of ether oxygens (including phenoxy) is 1. The Bertz CT molecular complexity index is 995. The van der Waals surface area contributed by atoms with Gasteiger partial charge >= 0.3 is 6.43 Å². The molecule has 0 atom stereocenters. The number of carbonyl (C=O) groups excluding carboxylic acids is 1. The lowest BCUT2D eigenvalue weighted by Gasteiger charge is -2.15. The molecule has 0 aliphatic carbocycles. The second kappa shape index (κ2) is 7.62. The van der Waals surface area contributed by atoms with Crippen LogP contribution in [0.5, 0.6) is 5.75 Å². The van der Waals surface area contributed by atoms with Gasteiger partial charge in [-0.1, -0.05) is 17.7 Å². The Morgan fingerprint density at radius 1 is 1.30 bits per heavy atom. The molecular weight excluding hydrogens is 382 g/mol. The summed E-state index contributed by atoms with van der Waals surface area (Å²) in [5.41, 5.74) is 0.398. The van der Waals surface area contributed by atoms with Crippen LogP contribution in [0.15, 0.2) is 30.6 Å². The van der Waals surface area contributed by atoms with Crippen molar-refractivity contribution in [3.8, 4) is 17.1 Å². The number of Topliss-reactive ketones (excluding diaryl/α,β-unsaturated/α-hetero) is 1. The molecule has 0 amide bonds. The van der Waals surface area contributed by atoms with Gasteiger partial charge in [-0.05, 0) is 12.1 Å². The number of carbonyl (C=O) groups is 1. The van der Waals surface area contributed by atoms with Crippen LogP contribution in [-0.2, 0) is 7.05 Å².